The molecule has 2 heteroatoms. The van der Waals surface area contributed by atoms with E-state index in [0.717, 1.165) is 5.56 Å². The molecule has 0 unspecified atom stereocenters. The Morgan fingerprint density at radius 2 is 2.20 bits per heavy atom. The SMILES string of the molecule is Cn1ccc2cc(C#CCC#N)ccc21. The maximum absolute atomic E-state index is 8.36. The lowest BCUT2D eigenvalue weighted by Crippen LogP contribution is -1.83. The van der Waals surface area contributed by atoms with Gasteiger partial charge in [-0.25, -0.2) is 0 Å². The summed E-state index contributed by atoms with van der Waals surface area (Å²) in [6.45, 7) is 0. The third-order valence-corrected chi connectivity index (χ3v) is 2.29. The number of fused-ring (bicyclic) bond motifs is 1. The van der Waals surface area contributed by atoms with Crippen molar-refractivity contribution in [1.29, 1.82) is 5.26 Å². The maximum Gasteiger partial charge on any atom is 0.0966 e. The second-order valence-corrected chi connectivity index (χ2v) is 3.34. The zero-order chi connectivity index (χ0) is 10.7. The molecular formula is C13H10N2. The summed E-state index contributed by atoms with van der Waals surface area (Å²) in [5.41, 5.74) is 2.16. The Balaban J connectivity index is 2.41. The van der Waals surface area contributed by atoms with Crippen molar-refractivity contribution in [2.75, 3.05) is 0 Å². The van der Waals surface area contributed by atoms with E-state index < -0.39 is 0 Å². The highest BCUT2D eigenvalue weighted by atomic mass is 14.9. The minimum atomic E-state index is 0.285. The molecule has 0 spiro atoms. The van der Waals surface area contributed by atoms with Crippen LogP contribution in [0.15, 0.2) is 30.5 Å². The van der Waals surface area contributed by atoms with Crippen molar-refractivity contribution in [1.82, 2.24) is 4.57 Å². The summed E-state index contributed by atoms with van der Waals surface area (Å²) in [6.07, 6.45) is 2.31. The van der Waals surface area contributed by atoms with Gasteiger partial charge in [-0.05, 0) is 24.3 Å². The Bertz CT molecular complexity index is 588. The van der Waals surface area contributed by atoms with Gasteiger partial charge < -0.3 is 4.57 Å². The van der Waals surface area contributed by atoms with Crippen molar-refractivity contribution in [3.05, 3.63) is 36.0 Å². The fourth-order valence-electron chi connectivity index (χ4n) is 1.55. The first-order chi connectivity index (χ1) is 7.31. The highest BCUT2D eigenvalue weighted by molar-refractivity contribution is 5.81. The number of nitrogens with zero attached hydrogens (tertiary/aromatic N) is 2. The lowest BCUT2D eigenvalue weighted by molar-refractivity contribution is 0.969. The molecule has 2 rings (SSSR count). The molecule has 2 aromatic rings. The van der Waals surface area contributed by atoms with Gasteiger partial charge in [0.25, 0.3) is 0 Å². The molecule has 0 atom stereocenters. The molecule has 1 heterocycles. The van der Waals surface area contributed by atoms with E-state index in [2.05, 4.69) is 22.5 Å². The Morgan fingerprint density at radius 3 is 3.00 bits per heavy atom. The highest BCUT2D eigenvalue weighted by Gasteiger charge is 1.97. The number of nitriles is 1. The van der Waals surface area contributed by atoms with Gasteiger partial charge in [0, 0.05) is 29.7 Å². The molecular weight excluding hydrogens is 184 g/mol. The molecule has 0 amide bonds. The minimum Gasteiger partial charge on any atom is -0.351 e. The molecule has 72 valence electrons. The van der Waals surface area contributed by atoms with Crippen molar-refractivity contribution in [2.45, 2.75) is 6.42 Å². The largest absolute Gasteiger partial charge is 0.351 e. The van der Waals surface area contributed by atoms with Crippen molar-refractivity contribution < 1.29 is 0 Å². The summed E-state index contributed by atoms with van der Waals surface area (Å²) < 4.78 is 2.07. The number of rotatable bonds is 0. The quantitative estimate of drug-likeness (QED) is 0.592. The fraction of sp³-hybridized carbons (Fsp3) is 0.154. The second kappa shape index (κ2) is 3.90. The van der Waals surface area contributed by atoms with Crippen LogP contribution in [0.3, 0.4) is 0 Å². The molecule has 1 aromatic heterocycles. The third-order valence-electron chi connectivity index (χ3n) is 2.29. The molecule has 0 aliphatic rings. The van der Waals surface area contributed by atoms with E-state index >= 15 is 0 Å². The van der Waals surface area contributed by atoms with Crippen LogP contribution >= 0.6 is 0 Å². The zero-order valence-electron chi connectivity index (χ0n) is 8.49. The first-order valence-electron chi connectivity index (χ1n) is 4.72. The minimum absolute atomic E-state index is 0.285. The standard InChI is InChI=1S/C13H10N2/c1-15-9-7-12-10-11(4-2-3-8-14)5-6-13(12)15/h5-7,9-10H,3H2,1H3. The van der Waals surface area contributed by atoms with Gasteiger partial charge in [-0.3, -0.25) is 0 Å². The van der Waals surface area contributed by atoms with E-state index in [1.807, 2.05) is 37.5 Å². The average molecular weight is 194 g/mol. The summed E-state index contributed by atoms with van der Waals surface area (Å²) in [6, 6.07) is 10.1. The number of aryl methyl sites for hydroxylation is 1. The molecule has 0 aliphatic heterocycles. The summed E-state index contributed by atoms with van der Waals surface area (Å²) >= 11 is 0. The molecule has 1 aromatic carbocycles. The van der Waals surface area contributed by atoms with Crippen LogP contribution in [0.4, 0.5) is 0 Å². The summed E-state index contributed by atoms with van der Waals surface area (Å²) in [5, 5.41) is 9.55. The highest BCUT2D eigenvalue weighted by Crippen LogP contribution is 2.15. The van der Waals surface area contributed by atoms with Gasteiger partial charge in [0.05, 0.1) is 12.5 Å². The van der Waals surface area contributed by atoms with E-state index in [1.54, 1.807) is 0 Å². The van der Waals surface area contributed by atoms with Crippen LogP contribution in [0.5, 0.6) is 0 Å². The molecule has 0 fully saturated rings. The first-order valence-corrected chi connectivity index (χ1v) is 4.72. The lowest BCUT2D eigenvalue weighted by Gasteiger charge is -1.95. The van der Waals surface area contributed by atoms with Gasteiger partial charge >= 0.3 is 0 Å². The number of hydrogen-bond acceptors (Lipinski definition) is 1. The predicted octanol–water partition coefficient (Wildman–Crippen LogP) is 2.44. The lowest BCUT2D eigenvalue weighted by atomic mass is 10.1. The van der Waals surface area contributed by atoms with Gasteiger partial charge in [0.2, 0.25) is 0 Å². The zero-order valence-corrected chi connectivity index (χ0v) is 8.49. The van der Waals surface area contributed by atoms with Crippen LogP contribution < -0.4 is 0 Å². The van der Waals surface area contributed by atoms with E-state index in [1.165, 1.54) is 10.9 Å². The third kappa shape index (κ3) is 1.85. The van der Waals surface area contributed by atoms with Crippen LogP contribution in [0.1, 0.15) is 12.0 Å². The monoisotopic (exact) mass is 194 g/mol. The van der Waals surface area contributed by atoms with Crippen LogP contribution in [0.2, 0.25) is 0 Å². The smallest absolute Gasteiger partial charge is 0.0966 e. The molecule has 0 saturated heterocycles. The molecule has 0 aliphatic carbocycles. The van der Waals surface area contributed by atoms with E-state index in [9.17, 15) is 0 Å². The van der Waals surface area contributed by atoms with Crippen LogP contribution in [0.25, 0.3) is 10.9 Å². The van der Waals surface area contributed by atoms with Crippen LogP contribution in [0, 0.1) is 23.2 Å². The second-order valence-electron chi connectivity index (χ2n) is 3.34. The summed E-state index contributed by atoms with van der Waals surface area (Å²) in [4.78, 5) is 0. The summed E-state index contributed by atoms with van der Waals surface area (Å²) in [7, 11) is 2.02. The van der Waals surface area contributed by atoms with E-state index in [-0.39, 0.29) is 6.42 Å². The van der Waals surface area contributed by atoms with Gasteiger partial charge in [0.15, 0.2) is 0 Å². The number of aromatic nitrogens is 1. The number of benzene rings is 1. The van der Waals surface area contributed by atoms with Crippen molar-refractivity contribution in [3.8, 4) is 17.9 Å². The van der Waals surface area contributed by atoms with E-state index in [4.69, 9.17) is 5.26 Å². The van der Waals surface area contributed by atoms with Crippen molar-refractivity contribution >= 4 is 10.9 Å². The Kier molecular flexibility index (Phi) is 2.44. The Labute approximate surface area is 88.7 Å². The molecule has 0 bridgehead atoms. The Hall–Kier alpha value is -2.19. The first kappa shape index (κ1) is 9.37. The van der Waals surface area contributed by atoms with Crippen molar-refractivity contribution in [2.24, 2.45) is 7.05 Å². The molecule has 0 N–H and O–H groups in total. The predicted molar refractivity (Wildman–Crippen MR) is 60.0 cm³/mol. The van der Waals surface area contributed by atoms with Crippen LogP contribution in [-0.4, -0.2) is 4.57 Å². The Morgan fingerprint density at radius 1 is 1.33 bits per heavy atom. The van der Waals surface area contributed by atoms with Gasteiger partial charge in [0.1, 0.15) is 0 Å². The van der Waals surface area contributed by atoms with Crippen molar-refractivity contribution in [3.63, 3.8) is 0 Å². The number of hydrogen-bond donors (Lipinski definition) is 0. The van der Waals surface area contributed by atoms with Gasteiger partial charge in [-0.15, -0.1) is 0 Å². The van der Waals surface area contributed by atoms with E-state index in [0.29, 0.717) is 0 Å². The molecule has 0 saturated carbocycles. The maximum atomic E-state index is 8.36. The van der Waals surface area contributed by atoms with Crippen LogP contribution in [-0.2, 0) is 7.05 Å². The molecule has 2 nitrogen and oxygen atoms in total. The topological polar surface area (TPSA) is 28.7 Å². The van der Waals surface area contributed by atoms with Gasteiger partial charge in [-0.1, -0.05) is 11.8 Å². The normalized spacial score (nSPS) is 9.33. The summed E-state index contributed by atoms with van der Waals surface area (Å²) in [5.74, 6) is 5.77. The molecule has 0 radical (unpaired) electrons. The fourth-order valence-corrected chi connectivity index (χ4v) is 1.55. The average Bonchev–Trinajstić information content (AvgIpc) is 2.61. The van der Waals surface area contributed by atoms with Gasteiger partial charge in [-0.2, -0.15) is 5.26 Å². The molecule has 15 heavy (non-hydrogen) atoms.